The van der Waals surface area contributed by atoms with Gasteiger partial charge in [-0.25, -0.2) is 9.37 Å². The number of oxazole rings is 1. The number of nitrogens with one attached hydrogen (secondary N) is 1. The maximum Gasteiger partial charge on any atom is 0.273 e. The number of carbonyl (C=O) groups excluding carboxylic acids is 1. The summed E-state index contributed by atoms with van der Waals surface area (Å²) in [5.74, 6) is 0.341. The van der Waals surface area contributed by atoms with Gasteiger partial charge in [-0.3, -0.25) is 9.69 Å². The van der Waals surface area contributed by atoms with Crippen molar-refractivity contribution in [3.63, 3.8) is 0 Å². The van der Waals surface area contributed by atoms with Gasteiger partial charge in [0.2, 0.25) is 5.89 Å². The van der Waals surface area contributed by atoms with E-state index in [0.29, 0.717) is 30.9 Å². The zero-order valence-electron chi connectivity index (χ0n) is 19.5. The molecule has 3 rings (SSSR count). The zero-order chi connectivity index (χ0) is 23.3. The van der Waals surface area contributed by atoms with E-state index < -0.39 is 0 Å². The van der Waals surface area contributed by atoms with Gasteiger partial charge in [-0.05, 0) is 55.5 Å². The average molecular weight is 438 g/mol. The third-order valence-corrected chi connectivity index (χ3v) is 5.91. The first-order valence-corrected chi connectivity index (χ1v) is 11.0. The number of hydrogen-bond donors (Lipinski definition) is 1. The lowest BCUT2D eigenvalue weighted by Gasteiger charge is -2.31. The Bertz CT molecular complexity index is 1040. The van der Waals surface area contributed by atoms with Crippen molar-refractivity contribution in [1.29, 1.82) is 0 Å². The molecule has 0 saturated heterocycles. The molecule has 3 aromatic rings. The van der Waals surface area contributed by atoms with Crippen LogP contribution in [-0.2, 0) is 19.6 Å². The Kier molecular flexibility index (Phi) is 7.80. The first-order chi connectivity index (χ1) is 15.2. The highest BCUT2D eigenvalue weighted by atomic mass is 19.1. The van der Waals surface area contributed by atoms with E-state index in [9.17, 15) is 9.18 Å². The van der Waals surface area contributed by atoms with Gasteiger partial charge in [0.05, 0.1) is 6.54 Å². The summed E-state index contributed by atoms with van der Waals surface area (Å²) in [5.41, 5.74) is 4.82. The Hall–Kier alpha value is -2.99. The van der Waals surface area contributed by atoms with Gasteiger partial charge >= 0.3 is 0 Å². The number of amides is 1. The van der Waals surface area contributed by atoms with E-state index in [1.807, 2.05) is 0 Å². The molecule has 1 unspecified atom stereocenters. The number of hydrogen-bond acceptors (Lipinski definition) is 4. The molecule has 0 aliphatic carbocycles. The number of nitrogens with zero attached hydrogens (tertiary/aromatic N) is 2. The predicted molar refractivity (Wildman–Crippen MR) is 124 cm³/mol. The Morgan fingerprint density at radius 2 is 1.81 bits per heavy atom. The highest BCUT2D eigenvalue weighted by molar-refractivity contribution is 5.91. The molecule has 6 heteroatoms. The van der Waals surface area contributed by atoms with Gasteiger partial charge in [-0.2, -0.15) is 0 Å². The number of benzene rings is 2. The predicted octanol–water partition coefficient (Wildman–Crippen LogP) is 5.41. The van der Waals surface area contributed by atoms with Crippen molar-refractivity contribution >= 4 is 5.91 Å². The van der Waals surface area contributed by atoms with E-state index in [4.69, 9.17) is 4.42 Å². The molecule has 2 aromatic carbocycles. The van der Waals surface area contributed by atoms with Crippen LogP contribution < -0.4 is 5.32 Å². The van der Waals surface area contributed by atoms with E-state index >= 15 is 0 Å². The van der Waals surface area contributed by atoms with E-state index in [-0.39, 0.29) is 17.4 Å². The van der Waals surface area contributed by atoms with E-state index in [2.05, 4.69) is 68.0 Å². The van der Waals surface area contributed by atoms with Gasteiger partial charge in [0.15, 0.2) is 5.69 Å². The SMILES string of the molecule is Cc1ccc(C)c(CN(Cc2nc(C(=O)NCc3ccc(F)cc3)co2)C(C)C(C)C)c1. The molecule has 32 heavy (non-hydrogen) atoms. The van der Waals surface area contributed by atoms with Crippen LogP contribution in [0.1, 0.15) is 59.4 Å². The molecule has 1 amide bonds. The van der Waals surface area contributed by atoms with Crippen LogP contribution >= 0.6 is 0 Å². The van der Waals surface area contributed by atoms with E-state index in [1.54, 1.807) is 12.1 Å². The van der Waals surface area contributed by atoms with Crippen molar-refractivity contribution in [1.82, 2.24) is 15.2 Å². The number of aromatic nitrogens is 1. The molecule has 1 heterocycles. The van der Waals surface area contributed by atoms with Crippen LogP contribution in [0.2, 0.25) is 0 Å². The third kappa shape index (κ3) is 6.26. The molecule has 1 N–H and O–H groups in total. The number of aryl methyl sites for hydroxylation is 2. The van der Waals surface area contributed by atoms with Crippen LogP contribution in [0.4, 0.5) is 4.39 Å². The number of carbonyl (C=O) groups is 1. The molecule has 1 atom stereocenters. The molecular weight excluding hydrogens is 405 g/mol. The monoisotopic (exact) mass is 437 g/mol. The highest BCUT2D eigenvalue weighted by Gasteiger charge is 2.22. The van der Waals surface area contributed by atoms with Gasteiger partial charge in [0.1, 0.15) is 12.1 Å². The normalized spacial score (nSPS) is 12.4. The van der Waals surface area contributed by atoms with Crippen molar-refractivity contribution in [2.75, 3.05) is 0 Å². The Balaban J connectivity index is 1.68. The minimum absolute atomic E-state index is 0.242. The second kappa shape index (κ2) is 10.6. The number of halogens is 1. The fourth-order valence-corrected chi connectivity index (χ4v) is 3.49. The lowest BCUT2D eigenvalue weighted by atomic mass is 10.0. The fraction of sp³-hybridized carbons (Fsp3) is 0.385. The molecule has 0 fully saturated rings. The summed E-state index contributed by atoms with van der Waals surface area (Å²) in [6.07, 6.45) is 1.39. The Morgan fingerprint density at radius 1 is 1.09 bits per heavy atom. The molecule has 0 bridgehead atoms. The van der Waals surface area contributed by atoms with Gasteiger partial charge in [-0.1, -0.05) is 49.7 Å². The second-order valence-corrected chi connectivity index (χ2v) is 8.76. The van der Waals surface area contributed by atoms with Gasteiger partial charge in [0.25, 0.3) is 5.91 Å². The lowest BCUT2D eigenvalue weighted by molar-refractivity contribution is 0.0945. The fourth-order valence-electron chi connectivity index (χ4n) is 3.49. The topological polar surface area (TPSA) is 58.4 Å². The van der Waals surface area contributed by atoms with Crippen LogP contribution in [0.5, 0.6) is 0 Å². The first kappa shape index (κ1) is 23.7. The minimum atomic E-state index is -0.317. The van der Waals surface area contributed by atoms with Crippen molar-refractivity contribution < 1.29 is 13.6 Å². The van der Waals surface area contributed by atoms with Crippen molar-refractivity contribution in [2.24, 2.45) is 5.92 Å². The summed E-state index contributed by atoms with van der Waals surface area (Å²) in [5, 5.41) is 2.80. The molecule has 0 aliphatic rings. The minimum Gasteiger partial charge on any atom is -0.447 e. The van der Waals surface area contributed by atoms with E-state index in [0.717, 1.165) is 12.1 Å². The third-order valence-electron chi connectivity index (χ3n) is 5.91. The molecule has 0 aliphatic heterocycles. The summed E-state index contributed by atoms with van der Waals surface area (Å²) >= 11 is 0. The quantitative estimate of drug-likeness (QED) is 0.486. The molecule has 170 valence electrons. The molecule has 0 radical (unpaired) electrons. The summed E-state index contributed by atoms with van der Waals surface area (Å²) in [6, 6.07) is 12.8. The molecule has 5 nitrogen and oxygen atoms in total. The second-order valence-electron chi connectivity index (χ2n) is 8.76. The average Bonchev–Trinajstić information content (AvgIpc) is 3.23. The van der Waals surface area contributed by atoms with Crippen LogP contribution in [-0.4, -0.2) is 21.8 Å². The van der Waals surface area contributed by atoms with Gasteiger partial charge < -0.3 is 9.73 Å². The maximum absolute atomic E-state index is 13.0. The van der Waals surface area contributed by atoms with Crippen LogP contribution in [0, 0.1) is 25.6 Å². The van der Waals surface area contributed by atoms with Crippen molar-refractivity contribution in [2.45, 2.75) is 60.3 Å². The van der Waals surface area contributed by atoms with Crippen LogP contribution in [0.3, 0.4) is 0 Å². The molecule has 0 spiro atoms. The maximum atomic E-state index is 13.0. The summed E-state index contributed by atoms with van der Waals surface area (Å²) in [7, 11) is 0. The van der Waals surface area contributed by atoms with Crippen molar-refractivity contribution in [3.05, 3.63) is 88.4 Å². The van der Waals surface area contributed by atoms with Gasteiger partial charge in [0, 0.05) is 19.1 Å². The standard InChI is InChI=1S/C26H32FN3O2/c1-17(2)20(5)30(14-22-12-18(3)6-7-19(22)4)15-25-29-24(16-32-25)26(31)28-13-21-8-10-23(27)11-9-21/h6-12,16-17,20H,13-15H2,1-5H3,(H,28,31). The van der Waals surface area contributed by atoms with Crippen LogP contribution in [0.25, 0.3) is 0 Å². The largest absolute Gasteiger partial charge is 0.447 e. The summed E-state index contributed by atoms with van der Waals surface area (Å²) < 4.78 is 18.7. The Labute approximate surface area is 189 Å². The zero-order valence-corrected chi connectivity index (χ0v) is 19.5. The van der Waals surface area contributed by atoms with E-state index in [1.165, 1.54) is 35.1 Å². The first-order valence-electron chi connectivity index (χ1n) is 11.0. The molecular formula is C26H32FN3O2. The van der Waals surface area contributed by atoms with Gasteiger partial charge in [-0.15, -0.1) is 0 Å². The lowest BCUT2D eigenvalue weighted by Crippen LogP contribution is -2.36. The molecule has 1 aromatic heterocycles. The summed E-state index contributed by atoms with van der Waals surface area (Å²) in [4.78, 5) is 19.2. The number of rotatable bonds is 9. The smallest absolute Gasteiger partial charge is 0.273 e. The van der Waals surface area contributed by atoms with Crippen molar-refractivity contribution in [3.8, 4) is 0 Å². The van der Waals surface area contributed by atoms with Crippen LogP contribution in [0.15, 0.2) is 53.1 Å². The highest BCUT2D eigenvalue weighted by Crippen LogP contribution is 2.20. The summed E-state index contributed by atoms with van der Waals surface area (Å²) in [6.45, 7) is 12.4. The Morgan fingerprint density at radius 3 is 2.50 bits per heavy atom. The molecule has 0 saturated carbocycles.